The van der Waals surface area contributed by atoms with Gasteiger partial charge in [-0.3, -0.25) is 9.97 Å². The fourth-order valence-corrected chi connectivity index (χ4v) is 4.83. The topological polar surface area (TPSA) is 59.1 Å². The van der Waals surface area contributed by atoms with E-state index in [0.29, 0.717) is 11.7 Å². The Kier molecular flexibility index (Phi) is 5.49. The molecule has 0 saturated carbocycles. The Morgan fingerprint density at radius 2 is 1.97 bits per heavy atom. The molecular formula is C25H25N5OS. The standard InChI is InChI=1S/C25H25N5OS/c1-17-13-21(18(2)29(17)15-19-7-5-10-26-14-19)24-23(22-9-3-4-11-27-22)28-25(32)30(24)16-20-8-6-12-31-20/h3-14,23-24H,15-16H2,1-2H3,(H,28,32)/t23-,24+/m1/s1. The van der Waals surface area contributed by atoms with E-state index < -0.39 is 0 Å². The highest BCUT2D eigenvalue weighted by Gasteiger charge is 2.41. The fraction of sp³-hybridized carbons (Fsp3) is 0.240. The van der Waals surface area contributed by atoms with Crippen molar-refractivity contribution in [3.05, 3.63) is 107 Å². The number of nitrogens with one attached hydrogen (secondary N) is 1. The molecule has 1 saturated heterocycles. The van der Waals surface area contributed by atoms with Gasteiger partial charge >= 0.3 is 0 Å². The van der Waals surface area contributed by atoms with Crippen molar-refractivity contribution in [1.82, 2.24) is 24.8 Å². The molecule has 2 atom stereocenters. The lowest BCUT2D eigenvalue weighted by Crippen LogP contribution is -2.29. The minimum Gasteiger partial charge on any atom is -0.467 e. The Hall–Kier alpha value is -3.45. The minimum atomic E-state index is -0.0500. The van der Waals surface area contributed by atoms with Gasteiger partial charge in [-0.1, -0.05) is 12.1 Å². The molecule has 6 nitrogen and oxygen atoms in total. The third kappa shape index (κ3) is 3.80. The van der Waals surface area contributed by atoms with Crippen molar-refractivity contribution in [2.75, 3.05) is 0 Å². The van der Waals surface area contributed by atoms with Crippen LogP contribution in [0.3, 0.4) is 0 Å². The second kappa shape index (κ2) is 8.59. The van der Waals surface area contributed by atoms with E-state index in [2.05, 4.69) is 56.8 Å². The lowest BCUT2D eigenvalue weighted by atomic mass is 9.96. The molecule has 0 radical (unpaired) electrons. The second-order valence-corrected chi connectivity index (χ2v) is 8.49. The Bertz CT molecular complexity index is 1200. The van der Waals surface area contributed by atoms with Gasteiger partial charge in [-0.25, -0.2) is 0 Å². The van der Waals surface area contributed by atoms with E-state index >= 15 is 0 Å². The van der Waals surface area contributed by atoms with Crippen molar-refractivity contribution in [3.63, 3.8) is 0 Å². The normalized spacial score (nSPS) is 18.2. The second-order valence-electron chi connectivity index (χ2n) is 8.11. The Morgan fingerprint density at radius 3 is 2.69 bits per heavy atom. The predicted molar refractivity (Wildman–Crippen MR) is 127 cm³/mol. The third-order valence-electron chi connectivity index (χ3n) is 6.10. The number of pyridine rings is 2. The monoisotopic (exact) mass is 443 g/mol. The van der Waals surface area contributed by atoms with E-state index in [0.717, 1.165) is 18.0 Å². The van der Waals surface area contributed by atoms with Gasteiger partial charge < -0.3 is 19.2 Å². The summed E-state index contributed by atoms with van der Waals surface area (Å²) < 4.78 is 7.99. The zero-order valence-electron chi connectivity index (χ0n) is 18.1. The minimum absolute atomic E-state index is 0.00338. The van der Waals surface area contributed by atoms with Crippen molar-refractivity contribution in [2.45, 2.75) is 39.0 Å². The van der Waals surface area contributed by atoms with Gasteiger partial charge in [-0.15, -0.1) is 0 Å². The molecule has 5 heterocycles. The van der Waals surface area contributed by atoms with Gasteiger partial charge in [0.05, 0.1) is 30.6 Å². The average molecular weight is 444 g/mol. The molecule has 1 N–H and O–H groups in total. The first-order valence-electron chi connectivity index (χ1n) is 10.7. The van der Waals surface area contributed by atoms with Crippen LogP contribution in [-0.4, -0.2) is 24.5 Å². The van der Waals surface area contributed by atoms with Gasteiger partial charge in [0.15, 0.2) is 5.11 Å². The summed E-state index contributed by atoms with van der Waals surface area (Å²) in [5.74, 6) is 0.880. The molecule has 7 heteroatoms. The molecule has 0 aromatic carbocycles. The molecule has 162 valence electrons. The summed E-state index contributed by atoms with van der Waals surface area (Å²) in [6.45, 7) is 5.71. The molecule has 0 spiro atoms. The number of nitrogens with zero attached hydrogens (tertiary/aromatic N) is 4. The molecule has 5 rings (SSSR count). The molecular weight excluding hydrogens is 418 g/mol. The number of rotatable bonds is 6. The zero-order chi connectivity index (χ0) is 22.1. The van der Waals surface area contributed by atoms with Gasteiger partial charge in [0, 0.05) is 36.5 Å². The van der Waals surface area contributed by atoms with Crippen molar-refractivity contribution >= 4 is 17.3 Å². The molecule has 32 heavy (non-hydrogen) atoms. The first kappa shape index (κ1) is 20.5. The maximum absolute atomic E-state index is 5.79. The van der Waals surface area contributed by atoms with Gasteiger partial charge in [-0.2, -0.15) is 0 Å². The summed E-state index contributed by atoms with van der Waals surface area (Å²) in [4.78, 5) is 11.1. The van der Waals surface area contributed by atoms with E-state index in [1.54, 1.807) is 12.5 Å². The number of thiocarbonyl (C=S) groups is 1. The first-order chi connectivity index (χ1) is 15.6. The summed E-state index contributed by atoms with van der Waals surface area (Å²) in [5, 5.41) is 4.23. The van der Waals surface area contributed by atoms with Crippen molar-refractivity contribution < 1.29 is 4.42 Å². The predicted octanol–water partition coefficient (Wildman–Crippen LogP) is 4.71. The Labute approximate surface area is 192 Å². The SMILES string of the molecule is Cc1cc([C@H]2[C@@H](c3ccccn3)NC(=S)N2Cc2ccco2)c(C)n1Cc1cccnc1. The number of hydrogen-bond donors (Lipinski definition) is 1. The zero-order valence-corrected chi connectivity index (χ0v) is 18.9. The maximum atomic E-state index is 5.79. The van der Waals surface area contributed by atoms with E-state index in [4.69, 9.17) is 16.6 Å². The summed E-state index contributed by atoms with van der Waals surface area (Å²) in [6, 6.07) is 16.2. The summed E-state index contributed by atoms with van der Waals surface area (Å²) in [5.41, 5.74) is 5.81. The van der Waals surface area contributed by atoms with Crippen LogP contribution < -0.4 is 5.32 Å². The largest absolute Gasteiger partial charge is 0.467 e. The average Bonchev–Trinajstić information content (AvgIpc) is 3.51. The van der Waals surface area contributed by atoms with Crippen LogP contribution in [0.25, 0.3) is 0 Å². The van der Waals surface area contributed by atoms with Crippen LogP contribution in [0.4, 0.5) is 0 Å². The molecule has 0 bridgehead atoms. The Balaban J connectivity index is 1.56. The van der Waals surface area contributed by atoms with E-state index in [9.17, 15) is 0 Å². The summed E-state index contributed by atoms with van der Waals surface area (Å²) in [6.07, 6.45) is 7.26. The maximum Gasteiger partial charge on any atom is 0.170 e. The fourth-order valence-electron chi connectivity index (χ4n) is 4.53. The highest BCUT2D eigenvalue weighted by atomic mass is 32.1. The van der Waals surface area contributed by atoms with E-state index in [-0.39, 0.29) is 12.1 Å². The molecule has 0 aliphatic carbocycles. The van der Waals surface area contributed by atoms with Crippen molar-refractivity contribution in [3.8, 4) is 0 Å². The van der Waals surface area contributed by atoms with Crippen LogP contribution in [0, 0.1) is 13.8 Å². The quantitative estimate of drug-likeness (QED) is 0.436. The Morgan fingerprint density at radius 1 is 1.06 bits per heavy atom. The van der Waals surface area contributed by atoms with Gasteiger partial charge in [0.25, 0.3) is 0 Å². The molecule has 1 aliphatic heterocycles. The van der Waals surface area contributed by atoms with Gasteiger partial charge in [0.1, 0.15) is 5.76 Å². The molecule has 0 amide bonds. The van der Waals surface area contributed by atoms with Crippen LogP contribution in [0.1, 0.15) is 46.1 Å². The van der Waals surface area contributed by atoms with Crippen LogP contribution in [0.2, 0.25) is 0 Å². The molecule has 4 aromatic rings. The van der Waals surface area contributed by atoms with Crippen LogP contribution in [-0.2, 0) is 13.1 Å². The van der Waals surface area contributed by atoms with E-state index in [1.807, 2.05) is 42.7 Å². The summed E-state index contributed by atoms with van der Waals surface area (Å²) >= 11 is 5.79. The van der Waals surface area contributed by atoms with Crippen molar-refractivity contribution in [1.29, 1.82) is 0 Å². The van der Waals surface area contributed by atoms with Crippen LogP contribution in [0.15, 0.2) is 77.8 Å². The highest BCUT2D eigenvalue weighted by molar-refractivity contribution is 7.80. The molecule has 4 aromatic heterocycles. The molecule has 1 fully saturated rings. The molecule has 0 unspecified atom stereocenters. The highest BCUT2D eigenvalue weighted by Crippen LogP contribution is 2.41. The van der Waals surface area contributed by atoms with Crippen LogP contribution >= 0.6 is 12.2 Å². The third-order valence-corrected chi connectivity index (χ3v) is 6.45. The van der Waals surface area contributed by atoms with Crippen LogP contribution in [0.5, 0.6) is 0 Å². The van der Waals surface area contributed by atoms with Gasteiger partial charge in [-0.05, 0) is 73.6 Å². The van der Waals surface area contributed by atoms with Gasteiger partial charge in [0.2, 0.25) is 0 Å². The number of hydrogen-bond acceptors (Lipinski definition) is 4. The number of aromatic nitrogens is 3. The lowest BCUT2D eigenvalue weighted by Gasteiger charge is -2.27. The smallest absolute Gasteiger partial charge is 0.170 e. The van der Waals surface area contributed by atoms with Crippen molar-refractivity contribution in [2.24, 2.45) is 0 Å². The number of furan rings is 1. The number of aryl methyl sites for hydroxylation is 1. The summed E-state index contributed by atoms with van der Waals surface area (Å²) in [7, 11) is 0. The molecule has 1 aliphatic rings. The lowest BCUT2D eigenvalue weighted by molar-refractivity contribution is 0.286. The van der Waals surface area contributed by atoms with E-state index in [1.165, 1.54) is 22.5 Å². The first-order valence-corrected chi connectivity index (χ1v) is 11.1.